The van der Waals surface area contributed by atoms with E-state index < -0.39 is 15.9 Å². The van der Waals surface area contributed by atoms with Crippen molar-refractivity contribution >= 4 is 37.1 Å². The number of hydrogen-bond donors (Lipinski definition) is 1. The molecule has 0 radical (unpaired) electrons. The molecule has 3 rings (SSSR count). The molecule has 1 aliphatic heterocycles. The van der Waals surface area contributed by atoms with Gasteiger partial charge in [0.25, 0.3) is 0 Å². The summed E-state index contributed by atoms with van der Waals surface area (Å²) in [5.74, 6) is 1.07. The van der Waals surface area contributed by atoms with Crippen LogP contribution in [0.3, 0.4) is 0 Å². The van der Waals surface area contributed by atoms with Gasteiger partial charge in [0, 0.05) is 24.0 Å². The lowest BCUT2D eigenvalue weighted by Crippen LogP contribution is -2.42. The summed E-state index contributed by atoms with van der Waals surface area (Å²) in [6.45, 7) is 3.24. The second-order valence-electron chi connectivity index (χ2n) is 6.91. The van der Waals surface area contributed by atoms with E-state index >= 15 is 0 Å². The normalized spacial score (nSPS) is 20.1. The lowest BCUT2D eigenvalue weighted by atomic mass is 10.1. The standard InChI is InChI=1S/C19H24BrNO4S2/c1-14-6-8-26-19(14)11-21(15-7-9-27(23,24)13-15)10-16(22)12-25-18-5-3-2-4-17(18)20/h2-6,8,15-16,22H,7,9-13H2,1H3. The number of halogens is 1. The fourth-order valence-electron chi connectivity index (χ4n) is 3.23. The Bertz CT molecular complexity index is 868. The van der Waals surface area contributed by atoms with Gasteiger partial charge in [0.15, 0.2) is 9.84 Å². The maximum atomic E-state index is 11.9. The van der Waals surface area contributed by atoms with Crippen molar-refractivity contribution in [2.24, 2.45) is 0 Å². The molecule has 8 heteroatoms. The van der Waals surface area contributed by atoms with Crippen LogP contribution in [-0.4, -0.2) is 55.2 Å². The lowest BCUT2D eigenvalue weighted by molar-refractivity contribution is 0.0526. The van der Waals surface area contributed by atoms with Gasteiger partial charge in [-0.1, -0.05) is 12.1 Å². The van der Waals surface area contributed by atoms with Crippen LogP contribution in [-0.2, 0) is 16.4 Å². The van der Waals surface area contributed by atoms with Crippen molar-refractivity contribution in [3.8, 4) is 5.75 Å². The van der Waals surface area contributed by atoms with Crippen molar-refractivity contribution in [3.05, 3.63) is 50.6 Å². The number of para-hydroxylation sites is 1. The first kappa shape index (κ1) is 20.8. The summed E-state index contributed by atoms with van der Waals surface area (Å²) in [4.78, 5) is 3.30. The highest BCUT2D eigenvalue weighted by molar-refractivity contribution is 9.10. The molecule has 0 saturated carbocycles. The van der Waals surface area contributed by atoms with Gasteiger partial charge in [-0.2, -0.15) is 0 Å². The van der Waals surface area contributed by atoms with E-state index in [0.29, 0.717) is 25.3 Å². The van der Waals surface area contributed by atoms with Gasteiger partial charge in [0.1, 0.15) is 18.5 Å². The van der Waals surface area contributed by atoms with Gasteiger partial charge in [-0.15, -0.1) is 11.3 Å². The Hall–Kier alpha value is -0.930. The largest absolute Gasteiger partial charge is 0.490 e. The van der Waals surface area contributed by atoms with Gasteiger partial charge in [-0.3, -0.25) is 4.90 Å². The van der Waals surface area contributed by atoms with E-state index in [1.54, 1.807) is 11.3 Å². The lowest BCUT2D eigenvalue weighted by Gasteiger charge is -2.30. The van der Waals surface area contributed by atoms with E-state index in [0.717, 1.165) is 4.47 Å². The van der Waals surface area contributed by atoms with Crippen molar-refractivity contribution in [2.45, 2.75) is 32.0 Å². The molecule has 1 saturated heterocycles. The van der Waals surface area contributed by atoms with Crippen LogP contribution in [0.4, 0.5) is 0 Å². The summed E-state index contributed by atoms with van der Waals surface area (Å²) in [6, 6.07) is 9.51. The van der Waals surface area contributed by atoms with Crippen LogP contribution < -0.4 is 4.74 Å². The fraction of sp³-hybridized carbons (Fsp3) is 0.474. The number of benzene rings is 1. The third-order valence-electron chi connectivity index (χ3n) is 4.75. The summed E-state index contributed by atoms with van der Waals surface area (Å²) < 4.78 is 30.4. The van der Waals surface area contributed by atoms with E-state index in [4.69, 9.17) is 4.74 Å². The molecular formula is C19H24BrNO4S2. The SMILES string of the molecule is Cc1ccsc1CN(CC(O)COc1ccccc1Br)C1CCS(=O)(=O)C1. The first-order chi connectivity index (χ1) is 12.8. The van der Waals surface area contributed by atoms with E-state index in [-0.39, 0.29) is 24.2 Å². The molecule has 1 aromatic carbocycles. The van der Waals surface area contributed by atoms with Crippen LogP contribution in [0.1, 0.15) is 16.9 Å². The highest BCUT2D eigenvalue weighted by Gasteiger charge is 2.33. The summed E-state index contributed by atoms with van der Waals surface area (Å²) in [7, 11) is -2.98. The minimum atomic E-state index is -2.98. The minimum Gasteiger partial charge on any atom is -0.490 e. The molecule has 1 fully saturated rings. The van der Waals surface area contributed by atoms with Crippen LogP contribution in [0.2, 0.25) is 0 Å². The molecule has 0 amide bonds. The van der Waals surface area contributed by atoms with Crippen molar-refractivity contribution in [1.82, 2.24) is 4.90 Å². The second-order valence-corrected chi connectivity index (χ2v) is 11.0. The molecule has 1 N–H and O–H groups in total. The van der Waals surface area contributed by atoms with Gasteiger partial charge in [0.2, 0.25) is 0 Å². The molecule has 2 unspecified atom stereocenters. The third kappa shape index (κ3) is 5.77. The average Bonchev–Trinajstić information content (AvgIpc) is 3.18. The molecule has 1 aliphatic rings. The van der Waals surface area contributed by atoms with Gasteiger partial charge < -0.3 is 9.84 Å². The van der Waals surface area contributed by atoms with Crippen LogP contribution >= 0.6 is 27.3 Å². The van der Waals surface area contributed by atoms with Crippen molar-refractivity contribution in [1.29, 1.82) is 0 Å². The predicted molar refractivity (Wildman–Crippen MR) is 112 cm³/mol. The van der Waals surface area contributed by atoms with E-state index in [2.05, 4.69) is 33.8 Å². The number of aliphatic hydroxyl groups excluding tert-OH is 1. The Balaban J connectivity index is 1.65. The average molecular weight is 474 g/mol. The number of aryl methyl sites for hydroxylation is 1. The summed E-state index contributed by atoms with van der Waals surface area (Å²) in [5.41, 5.74) is 1.20. The van der Waals surface area contributed by atoms with Crippen molar-refractivity contribution in [3.63, 3.8) is 0 Å². The number of rotatable bonds is 8. The Labute approximate surface area is 173 Å². The zero-order chi connectivity index (χ0) is 19.4. The van der Waals surface area contributed by atoms with Crippen molar-refractivity contribution < 1.29 is 18.3 Å². The number of aliphatic hydroxyl groups is 1. The Morgan fingerprint density at radius 1 is 1.37 bits per heavy atom. The molecule has 2 aromatic rings. The third-order valence-corrected chi connectivity index (χ3v) is 8.17. The molecule has 0 spiro atoms. The number of nitrogens with zero attached hydrogens (tertiary/aromatic N) is 1. The maximum absolute atomic E-state index is 11.9. The van der Waals surface area contributed by atoms with Crippen LogP contribution in [0, 0.1) is 6.92 Å². The molecule has 27 heavy (non-hydrogen) atoms. The van der Waals surface area contributed by atoms with Gasteiger partial charge in [-0.05, 0) is 58.4 Å². The van der Waals surface area contributed by atoms with E-state index in [1.165, 1.54) is 10.4 Å². The highest BCUT2D eigenvalue weighted by Crippen LogP contribution is 2.26. The monoisotopic (exact) mass is 473 g/mol. The minimum absolute atomic E-state index is 0.0605. The molecular weight excluding hydrogens is 450 g/mol. The number of thiophene rings is 1. The van der Waals surface area contributed by atoms with Crippen LogP contribution in [0.25, 0.3) is 0 Å². The molecule has 5 nitrogen and oxygen atoms in total. The predicted octanol–water partition coefficient (Wildman–Crippen LogP) is 3.25. The highest BCUT2D eigenvalue weighted by atomic mass is 79.9. The summed E-state index contributed by atoms with van der Waals surface area (Å²) in [5, 5.41) is 12.6. The zero-order valence-electron chi connectivity index (χ0n) is 15.2. The number of hydrogen-bond acceptors (Lipinski definition) is 6. The second kappa shape index (κ2) is 9.05. The Morgan fingerprint density at radius 3 is 2.78 bits per heavy atom. The maximum Gasteiger partial charge on any atom is 0.151 e. The van der Waals surface area contributed by atoms with Crippen LogP contribution in [0.15, 0.2) is 40.2 Å². The molecule has 2 heterocycles. The molecule has 2 atom stereocenters. The number of sulfone groups is 1. The zero-order valence-corrected chi connectivity index (χ0v) is 18.4. The molecule has 0 aliphatic carbocycles. The van der Waals surface area contributed by atoms with Gasteiger partial charge in [0.05, 0.1) is 16.0 Å². The van der Waals surface area contributed by atoms with Crippen molar-refractivity contribution in [2.75, 3.05) is 24.7 Å². The van der Waals surface area contributed by atoms with Crippen LogP contribution in [0.5, 0.6) is 5.75 Å². The molecule has 1 aromatic heterocycles. The number of ether oxygens (including phenoxy) is 1. The van der Waals surface area contributed by atoms with Gasteiger partial charge in [-0.25, -0.2) is 8.42 Å². The Morgan fingerprint density at radius 2 is 2.15 bits per heavy atom. The Kier molecular flexibility index (Phi) is 6.97. The molecule has 148 valence electrons. The van der Waals surface area contributed by atoms with E-state index in [9.17, 15) is 13.5 Å². The first-order valence-electron chi connectivity index (χ1n) is 8.87. The molecule has 0 bridgehead atoms. The topological polar surface area (TPSA) is 66.8 Å². The smallest absolute Gasteiger partial charge is 0.151 e. The first-order valence-corrected chi connectivity index (χ1v) is 12.4. The summed E-state index contributed by atoms with van der Waals surface area (Å²) >= 11 is 5.09. The van der Waals surface area contributed by atoms with Gasteiger partial charge >= 0.3 is 0 Å². The van der Waals surface area contributed by atoms with E-state index in [1.807, 2.05) is 29.6 Å². The quantitative estimate of drug-likeness (QED) is 0.637. The fourth-order valence-corrected chi connectivity index (χ4v) is 6.32. The summed E-state index contributed by atoms with van der Waals surface area (Å²) in [6.07, 6.45) is -0.0921.